The molecule has 0 aromatic carbocycles. The van der Waals surface area contributed by atoms with Crippen LogP contribution >= 0.6 is 0 Å². The zero-order valence-electron chi connectivity index (χ0n) is 11.1. The van der Waals surface area contributed by atoms with Crippen LogP contribution in [-0.4, -0.2) is 30.9 Å². The van der Waals surface area contributed by atoms with E-state index >= 15 is 0 Å². The van der Waals surface area contributed by atoms with E-state index in [0.717, 1.165) is 12.3 Å². The van der Waals surface area contributed by atoms with Crippen LogP contribution in [0.15, 0.2) is 0 Å². The van der Waals surface area contributed by atoms with Crippen molar-refractivity contribution in [3.63, 3.8) is 0 Å². The molecule has 0 bridgehead atoms. The van der Waals surface area contributed by atoms with E-state index in [1.807, 2.05) is 0 Å². The first-order valence-corrected chi connectivity index (χ1v) is 6.45. The fourth-order valence-corrected chi connectivity index (χ4v) is 1.92. The van der Waals surface area contributed by atoms with Crippen molar-refractivity contribution in [3.05, 3.63) is 0 Å². The number of hydrogen-bond acceptors (Lipinski definition) is 2. The first kappa shape index (κ1) is 13.5. The molecule has 0 atom stereocenters. The molecule has 3 heteroatoms. The van der Waals surface area contributed by atoms with Crippen molar-refractivity contribution in [2.75, 3.05) is 20.1 Å². The molecule has 94 valence electrons. The second kappa shape index (κ2) is 5.67. The summed E-state index contributed by atoms with van der Waals surface area (Å²) in [5, 5.41) is 7.49. The Hall–Kier alpha value is -0.570. The largest absolute Gasteiger partial charge is 0.387 e. The number of amidine groups is 1. The van der Waals surface area contributed by atoms with Gasteiger partial charge in [0.1, 0.15) is 0 Å². The summed E-state index contributed by atoms with van der Waals surface area (Å²) in [6.45, 7) is 6.58. The highest BCUT2D eigenvalue weighted by atomic mass is 15.1. The van der Waals surface area contributed by atoms with E-state index in [1.165, 1.54) is 38.8 Å². The van der Waals surface area contributed by atoms with E-state index in [1.54, 1.807) is 0 Å². The van der Waals surface area contributed by atoms with Crippen LogP contribution in [0.25, 0.3) is 0 Å². The molecule has 1 saturated carbocycles. The van der Waals surface area contributed by atoms with Crippen molar-refractivity contribution in [1.82, 2.24) is 4.90 Å². The maximum atomic E-state index is 7.49. The lowest BCUT2D eigenvalue weighted by Gasteiger charge is -2.23. The molecular weight excluding hydrogens is 198 g/mol. The van der Waals surface area contributed by atoms with Crippen molar-refractivity contribution in [1.29, 1.82) is 5.41 Å². The maximum Gasteiger partial charge on any atom is 0.0963 e. The maximum absolute atomic E-state index is 7.49. The Morgan fingerprint density at radius 2 is 2.00 bits per heavy atom. The van der Waals surface area contributed by atoms with E-state index in [0.29, 0.717) is 5.84 Å². The molecule has 0 aromatic rings. The summed E-state index contributed by atoms with van der Waals surface area (Å²) < 4.78 is 0. The second-order valence-corrected chi connectivity index (χ2v) is 5.96. The third kappa shape index (κ3) is 4.97. The van der Waals surface area contributed by atoms with Crippen LogP contribution in [-0.2, 0) is 0 Å². The molecule has 0 radical (unpaired) electrons. The number of nitrogens with one attached hydrogen (secondary N) is 1. The van der Waals surface area contributed by atoms with Gasteiger partial charge in [0.25, 0.3) is 0 Å². The van der Waals surface area contributed by atoms with Gasteiger partial charge in [-0.3, -0.25) is 5.41 Å². The molecule has 0 unspecified atom stereocenters. The van der Waals surface area contributed by atoms with Crippen LogP contribution in [0.5, 0.6) is 0 Å². The van der Waals surface area contributed by atoms with Gasteiger partial charge in [0.15, 0.2) is 0 Å². The summed E-state index contributed by atoms with van der Waals surface area (Å²) in [5.41, 5.74) is 5.44. The number of nitrogens with two attached hydrogens (primary N) is 1. The fraction of sp³-hybridized carbons (Fsp3) is 0.923. The first-order valence-electron chi connectivity index (χ1n) is 6.45. The third-order valence-electron chi connectivity index (χ3n) is 3.59. The predicted molar refractivity (Wildman–Crippen MR) is 69.8 cm³/mol. The lowest BCUT2D eigenvalue weighted by Crippen LogP contribution is -2.31. The third-order valence-corrected chi connectivity index (χ3v) is 3.59. The predicted octanol–water partition coefficient (Wildman–Crippen LogP) is 2.46. The van der Waals surface area contributed by atoms with Gasteiger partial charge >= 0.3 is 0 Å². The average Bonchev–Trinajstić information content (AvgIpc) is 2.96. The molecule has 1 aliphatic rings. The van der Waals surface area contributed by atoms with Gasteiger partial charge in [-0.15, -0.1) is 0 Å². The SMILES string of the molecule is CN(CCCCC(C)(C)C(=N)N)CC1CC1. The Kier molecular flexibility index (Phi) is 4.78. The molecule has 1 aliphatic carbocycles. The molecule has 3 nitrogen and oxygen atoms in total. The Bertz CT molecular complexity index is 231. The normalized spacial score (nSPS) is 16.8. The summed E-state index contributed by atoms with van der Waals surface area (Å²) in [5.74, 6) is 1.30. The average molecular weight is 225 g/mol. The monoisotopic (exact) mass is 225 g/mol. The Morgan fingerprint density at radius 3 is 2.50 bits per heavy atom. The van der Waals surface area contributed by atoms with Crippen LogP contribution in [0, 0.1) is 16.7 Å². The van der Waals surface area contributed by atoms with Crippen molar-refractivity contribution < 1.29 is 0 Å². The minimum atomic E-state index is -0.116. The quantitative estimate of drug-likeness (QED) is 0.379. The summed E-state index contributed by atoms with van der Waals surface area (Å²) in [6, 6.07) is 0. The summed E-state index contributed by atoms with van der Waals surface area (Å²) in [4.78, 5) is 2.44. The molecule has 16 heavy (non-hydrogen) atoms. The number of hydrogen-bond donors (Lipinski definition) is 2. The van der Waals surface area contributed by atoms with Gasteiger partial charge in [-0.1, -0.05) is 20.3 Å². The summed E-state index contributed by atoms with van der Waals surface area (Å²) in [6.07, 6.45) is 6.28. The highest BCUT2D eigenvalue weighted by molar-refractivity contribution is 5.82. The van der Waals surface area contributed by atoms with Gasteiger partial charge in [0.2, 0.25) is 0 Å². The first-order chi connectivity index (χ1) is 7.42. The molecular formula is C13H27N3. The smallest absolute Gasteiger partial charge is 0.0963 e. The van der Waals surface area contributed by atoms with Crippen LogP contribution in [0.4, 0.5) is 0 Å². The summed E-state index contributed by atoms with van der Waals surface area (Å²) >= 11 is 0. The van der Waals surface area contributed by atoms with Crippen LogP contribution < -0.4 is 5.73 Å². The number of rotatable bonds is 8. The van der Waals surface area contributed by atoms with Gasteiger partial charge in [-0.2, -0.15) is 0 Å². The van der Waals surface area contributed by atoms with Crippen LogP contribution in [0.3, 0.4) is 0 Å². The lowest BCUT2D eigenvalue weighted by atomic mass is 9.86. The highest BCUT2D eigenvalue weighted by Crippen LogP contribution is 2.29. The van der Waals surface area contributed by atoms with Gasteiger partial charge in [0, 0.05) is 12.0 Å². The minimum absolute atomic E-state index is 0.116. The molecule has 0 aromatic heterocycles. The molecule has 0 heterocycles. The van der Waals surface area contributed by atoms with Gasteiger partial charge in [-0.05, 0) is 45.2 Å². The standard InChI is InChI=1S/C13H27N3/c1-13(2,12(14)15)8-4-5-9-16(3)10-11-6-7-11/h11H,4-10H2,1-3H3,(H3,14,15). The Balaban J connectivity index is 2.04. The molecule has 0 saturated heterocycles. The zero-order valence-corrected chi connectivity index (χ0v) is 11.1. The van der Waals surface area contributed by atoms with E-state index in [9.17, 15) is 0 Å². The van der Waals surface area contributed by atoms with E-state index < -0.39 is 0 Å². The van der Waals surface area contributed by atoms with E-state index in [4.69, 9.17) is 11.1 Å². The van der Waals surface area contributed by atoms with Crippen LogP contribution in [0.1, 0.15) is 46.0 Å². The van der Waals surface area contributed by atoms with E-state index in [2.05, 4.69) is 25.8 Å². The topological polar surface area (TPSA) is 53.1 Å². The van der Waals surface area contributed by atoms with Crippen molar-refractivity contribution in [2.24, 2.45) is 17.1 Å². The molecule has 0 aliphatic heterocycles. The molecule has 3 N–H and O–H groups in total. The highest BCUT2D eigenvalue weighted by Gasteiger charge is 2.23. The zero-order chi connectivity index (χ0) is 12.2. The van der Waals surface area contributed by atoms with Gasteiger partial charge < -0.3 is 10.6 Å². The fourth-order valence-electron chi connectivity index (χ4n) is 1.92. The molecule has 1 fully saturated rings. The Morgan fingerprint density at radius 1 is 1.38 bits per heavy atom. The number of unbranched alkanes of at least 4 members (excludes halogenated alkanes) is 1. The molecule has 0 amide bonds. The molecule has 0 spiro atoms. The van der Waals surface area contributed by atoms with Crippen molar-refractivity contribution in [2.45, 2.75) is 46.0 Å². The summed E-state index contributed by atoms with van der Waals surface area (Å²) in [7, 11) is 2.22. The van der Waals surface area contributed by atoms with Crippen molar-refractivity contribution >= 4 is 5.84 Å². The second-order valence-electron chi connectivity index (χ2n) is 5.96. The van der Waals surface area contributed by atoms with Crippen LogP contribution in [0.2, 0.25) is 0 Å². The Labute approximate surface area is 99.9 Å². The van der Waals surface area contributed by atoms with Gasteiger partial charge in [-0.25, -0.2) is 0 Å². The van der Waals surface area contributed by atoms with Gasteiger partial charge in [0.05, 0.1) is 5.84 Å². The minimum Gasteiger partial charge on any atom is -0.387 e. The molecule has 1 rings (SSSR count). The van der Waals surface area contributed by atoms with E-state index in [-0.39, 0.29) is 5.41 Å². The lowest BCUT2D eigenvalue weighted by molar-refractivity contribution is 0.304. The number of nitrogens with zero attached hydrogens (tertiary/aromatic N) is 1. The van der Waals surface area contributed by atoms with Crippen molar-refractivity contribution in [3.8, 4) is 0 Å².